The summed E-state index contributed by atoms with van der Waals surface area (Å²) in [6, 6.07) is 55.5. The Labute approximate surface area is 280 Å². The molecule has 0 saturated heterocycles. The summed E-state index contributed by atoms with van der Waals surface area (Å²) in [5.74, 6) is 1.98. The van der Waals surface area contributed by atoms with Gasteiger partial charge in [-0.25, -0.2) is 15.0 Å². The Kier molecular flexibility index (Phi) is 6.01. The molecule has 0 N–H and O–H groups in total. The van der Waals surface area contributed by atoms with Crippen LogP contribution in [-0.2, 0) is 0 Å². The fourth-order valence-corrected chi connectivity index (χ4v) is 8.23. The summed E-state index contributed by atoms with van der Waals surface area (Å²) in [7, 11) is 0. The van der Waals surface area contributed by atoms with Crippen LogP contribution in [0.5, 0.6) is 0 Å². The van der Waals surface area contributed by atoms with Gasteiger partial charge in [0.2, 0.25) is 0 Å². The zero-order valence-electron chi connectivity index (χ0n) is 25.7. The van der Waals surface area contributed by atoms with Gasteiger partial charge in [-0.3, -0.25) is 0 Å². The van der Waals surface area contributed by atoms with E-state index in [-0.39, 0.29) is 0 Å². The van der Waals surface area contributed by atoms with Gasteiger partial charge in [-0.05, 0) is 47.9 Å². The highest BCUT2D eigenvalue weighted by Crippen LogP contribution is 2.40. The summed E-state index contributed by atoms with van der Waals surface area (Å²) in [6.45, 7) is 0. The van der Waals surface area contributed by atoms with Crippen molar-refractivity contribution in [2.24, 2.45) is 0 Å². The minimum absolute atomic E-state index is 0.649. The van der Waals surface area contributed by atoms with E-state index in [4.69, 9.17) is 15.0 Å². The van der Waals surface area contributed by atoms with Crippen LogP contribution >= 0.6 is 11.3 Å². The van der Waals surface area contributed by atoms with Crippen LogP contribution in [0.25, 0.3) is 92.6 Å². The molecule has 0 saturated carbocycles. The van der Waals surface area contributed by atoms with Crippen molar-refractivity contribution < 1.29 is 0 Å². The van der Waals surface area contributed by atoms with E-state index in [1.54, 1.807) is 11.3 Å². The molecule has 0 fully saturated rings. The summed E-state index contributed by atoms with van der Waals surface area (Å²) in [5, 5.41) is 7.43. The highest BCUT2D eigenvalue weighted by Gasteiger charge is 2.18. The van der Waals surface area contributed by atoms with Crippen molar-refractivity contribution >= 4 is 64.1 Å². The maximum Gasteiger partial charge on any atom is 0.165 e. The largest absolute Gasteiger partial charge is 0.309 e. The first-order valence-electron chi connectivity index (χ1n) is 16.0. The third-order valence-corrected chi connectivity index (χ3v) is 10.5. The van der Waals surface area contributed by atoms with Crippen molar-refractivity contribution in [3.63, 3.8) is 0 Å². The molecule has 0 aliphatic carbocycles. The number of thiophene rings is 1. The standard InChI is InChI=1S/C43H26N4S/c1-2-12-28(13-3-1)41-44-42(46-43(45-41)36-18-10-17-35-33-16-7-9-20-38(33)48-40(35)36)29-21-24-30(25-22-29)47-37-19-8-6-15-32(37)34-26-23-27-11-4-5-14-31(27)39(34)47/h1-26H. The number of hydrogen-bond acceptors (Lipinski definition) is 4. The quantitative estimate of drug-likeness (QED) is 0.194. The molecule has 10 aromatic rings. The average molecular weight is 631 g/mol. The number of benzene rings is 7. The Morgan fingerprint density at radius 1 is 0.417 bits per heavy atom. The van der Waals surface area contributed by atoms with Gasteiger partial charge < -0.3 is 4.57 Å². The summed E-state index contributed by atoms with van der Waals surface area (Å²) in [5.41, 5.74) is 6.40. The summed E-state index contributed by atoms with van der Waals surface area (Å²) < 4.78 is 4.82. The van der Waals surface area contributed by atoms with Gasteiger partial charge >= 0.3 is 0 Å². The molecule has 0 aliphatic heterocycles. The van der Waals surface area contributed by atoms with Crippen LogP contribution in [0.1, 0.15) is 0 Å². The normalized spacial score (nSPS) is 11.8. The van der Waals surface area contributed by atoms with Gasteiger partial charge in [-0.2, -0.15) is 0 Å². The van der Waals surface area contributed by atoms with E-state index in [0.717, 1.165) is 22.4 Å². The fraction of sp³-hybridized carbons (Fsp3) is 0. The van der Waals surface area contributed by atoms with E-state index < -0.39 is 0 Å². The predicted molar refractivity (Wildman–Crippen MR) is 201 cm³/mol. The van der Waals surface area contributed by atoms with Gasteiger partial charge in [0.15, 0.2) is 17.5 Å². The molecular weight excluding hydrogens is 605 g/mol. The first-order valence-corrected chi connectivity index (χ1v) is 16.9. The van der Waals surface area contributed by atoms with Crippen molar-refractivity contribution in [1.29, 1.82) is 0 Å². The van der Waals surface area contributed by atoms with Crippen LogP contribution in [0, 0.1) is 0 Å². The second-order valence-corrected chi connectivity index (χ2v) is 13.1. The van der Waals surface area contributed by atoms with Crippen LogP contribution < -0.4 is 0 Å². The Morgan fingerprint density at radius 3 is 1.90 bits per heavy atom. The van der Waals surface area contributed by atoms with E-state index in [0.29, 0.717) is 17.5 Å². The lowest BCUT2D eigenvalue weighted by Crippen LogP contribution is -2.00. The van der Waals surface area contributed by atoms with E-state index in [9.17, 15) is 0 Å². The molecule has 0 aliphatic rings. The first-order chi connectivity index (χ1) is 23.8. The third-order valence-electron chi connectivity index (χ3n) is 9.26. The SMILES string of the molecule is c1ccc(-c2nc(-c3ccc(-n4c5ccccc5c5ccc6ccccc6c54)cc3)nc(-c3cccc4c3sc3ccccc34)n2)cc1. The van der Waals surface area contributed by atoms with Gasteiger partial charge in [0.25, 0.3) is 0 Å². The molecule has 48 heavy (non-hydrogen) atoms. The van der Waals surface area contributed by atoms with E-state index in [1.165, 1.54) is 52.8 Å². The number of rotatable bonds is 4. The fourth-order valence-electron chi connectivity index (χ4n) is 7.02. The van der Waals surface area contributed by atoms with Gasteiger partial charge in [-0.15, -0.1) is 11.3 Å². The molecule has 0 radical (unpaired) electrons. The number of aromatic nitrogens is 4. The van der Waals surface area contributed by atoms with Crippen molar-refractivity contribution in [2.45, 2.75) is 0 Å². The van der Waals surface area contributed by atoms with Gasteiger partial charge in [0, 0.05) is 58.7 Å². The van der Waals surface area contributed by atoms with Crippen molar-refractivity contribution in [1.82, 2.24) is 19.5 Å². The van der Waals surface area contributed by atoms with Crippen LogP contribution in [0.2, 0.25) is 0 Å². The van der Waals surface area contributed by atoms with Gasteiger partial charge in [0.05, 0.1) is 11.0 Å². The zero-order valence-corrected chi connectivity index (χ0v) is 26.5. The second kappa shape index (κ2) is 10.7. The molecule has 3 heterocycles. The highest BCUT2D eigenvalue weighted by molar-refractivity contribution is 7.26. The maximum absolute atomic E-state index is 5.13. The lowest BCUT2D eigenvalue weighted by Gasteiger charge is -2.12. The van der Waals surface area contributed by atoms with Gasteiger partial charge in [-0.1, -0.05) is 115 Å². The monoisotopic (exact) mass is 630 g/mol. The minimum atomic E-state index is 0.649. The molecule has 0 unspecified atom stereocenters. The summed E-state index contributed by atoms with van der Waals surface area (Å²) in [4.78, 5) is 15.2. The van der Waals surface area contributed by atoms with Crippen LogP contribution in [0.4, 0.5) is 0 Å². The third kappa shape index (κ3) is 4.18. The van der Waals surface area contributed by atoms with Crippen molar-refractivity contribution in [3.05, 3.63) is 158 Å². The van der Waals surface area contributed by atoms with E-state index in [2.05, 4.69) is 144 Å². The smallest absolute Gasteiger partial charge is 0.165 e. The number of nitrogens with zero attached hydrogens (tertiary/aromatic N) is 4. The summed E-state index contributed by atoms with van der Waals surface area (Å²) >= 11 is 1.79. The Balaban J connectivity index is 1.16. The molecule has 7 aromatic carbocycles. The second-order valence-electron chi connectivity index (χ2n) is 12.0. The van der Waals surface area contributed by atoms with Gasteiger partial charge in [0.1, 0.15) is 0 Å². The predicted octanol–water partition coefficient (Wildman–Crippen LogP) is 11.5. The Bertz CT molecular complexity index is 2830. The minimum Gasteiger partial charge on any atom is -0.309 e. The molecule has 3 aromatic heterocycles. The molecule has 10 rings (SSSR count). The van der Waals surface area contributed by atoms with Crippen molar-refractivity contribution in [3.8, 4) is 39.9 Å². The Morgan fingerprint density at radius 2 is 1.06 bits per heavy atom. The maximum atomic E-state index is 5.13. The Hall–Kier alpha value is -6.17. The molecule has 0 spiro atoms. The van der Waals surface area contributed by atoms with Crippen LogP contribution in [0.15, 0.2) is 158 Å². The molecule has 0 amide bonds. The number of fused-ring (bicyclic) bond motifs is 8. The van der Waals surface area contributed by atoms with Crippen LogP contribution in [0.3, 0.4) is 0 Å². The summed E-state index contributed by atoms with van der Waals surface area (Å²) in [6.07, 6.45) is 0. The zero-order chi connectivity index (χ0) is 31.6. The molecule has 224 valence electrons. The molecule has 5 heteroatoms. The van der Waals surface area contributed by atoms with Crippen molar-refractivity contribution in [2.75, 3.05) is 0 Å². The molecule has 0 atom stereocenters. The van der Waals surface area contributed by atoms with Crippen LogP contribution in [-0.4, -0.2) is 19.5 Å². The topological polar surface area (TPSA) is 43.6 Å². The van der Waals surface area contributed by atoms with E-state index in [1.807, 2.05) is 18.2 Å². The lowest BCUT2D eigenvalue weighted by atomic mass is 10.1. The lowest BCUT2D eigenvalue weighted by molar-refractivity contribution is 1.08. The first kappa shape index (κ1) is 27.0. The highest BCUT2D eigenvalue weighted by atomic mass is 32.1. The molecular formula is C43H26N4S. The molecule has 0 bridgehead atoms. The average Bonchev–Trinajstić information content (AvgIpc) is 3.71. The number of hydrogen-bond donors (Lipinski definition) is 0. The molecule has 4 nitrogen and oxygen atoms in total. The number of para-hydroxylation sites is 1. The van der Waals surface area contributed by atoms with E-state index >= 15 is 0 Å².